The quantitative estimate of drug-likeness (QED) is 0.241. The maximum Gasteiger partial charge on any atom is 0.326 e. The van der Waals surface area contributed by atoms with Crippen molar-refractivity contribution >= 4 is 35.6 Å². The van der Waals surface area contributed by atoms with Gasteiger partial charge in [0.05, 0.1) is 0 Å². The first kappa shape index (κ1) is 26.2. The van der Waals surface area contributed by atoms with E-state index in [2.05, 4.69) is 16.0 Å². The number of nitrogens with one attached hydrogen (secondary N) is 3. The third kappa shape index (κ3) is 9.41. The molecule has 0 radical (unpaired) electrons. The molecule has 0 saturated carbocycles. The van der Waals surface area contributed by atoms with Crippen LogP contribution in [0, 0.1) is 41.7 Å². The summed E-state index contributed by atoms with van der Waals surface area (Å²) in [5, 5.41) is 31.9. The molecule has 0 aromatic carbocycles. The molecule has 0 aromatic heterocycles. The summed E-state index contributed by atoms with van der Waals surface area (Å²) in [4.78, 5) is 61.5. The largest absolute Gasteiger partial charge is 0.480 e. The van der Waals surface area contributed by atoms with E-state index in [1.165, 1.54) is 0 Å². The molecule has 3 atom stereocenters. The Morgan fingerprint density at radius 2 is 0.821 bits per heavy atom. The monoisotopic (exact) mass is 527 g/mol. The van der Waals surface area contributed by atoms with Gasteiger partial charge in [-0.15, -0.1) is 0 Å². The van der Waals surface area contributed by atoms with Gasteiger partial charge in [0, 0.05) is 61.0 Å². The van der Waals surface area contributed by atoms with Crippen LogP contribution in [0.25, 0.3) is 0 Å². The molecule has 3 amide bonds. The zero-order valence-corrected chi connectivity index (χ0v) is 17.9. The second-order valence-corrected chi connectivity index (χ2v) is 5.99. The summed E-state index contributed by atoms with van der Waals surface area (Å²) in [5.74, 6) is -3.32. The van der Waals surface area contributed by atoms with Crippen molar-refractivity contribution in [3.8, 4) is 0 Å². The molecule has 0 spiro atoms. The van der Waals surface area contributed by atoms with E-state index in [1.54, 1.807) is 0 Å². The molecule has 0 bridgehead atoms. The van der Waals surface area contributed by atoms with Crippen molar-refractivity contribution in [2.24, 2.45) is 0 Å². The molecule has 12 nitrogen and oxygen atoms in total. The number of amides is 3. The minimum Gasteiger partial charge on any atom is -0.480 e. The molecule has 154 valence electrons. The maximum absolute atomic E-state index is 10.4. The molecule has 0 aromatic rings. The van der Waals surface area contributed by atoms with Crippen molar-refractivity contribution in [2.45, 2.75) is 56.7 Å². The number of carbonyl (C=O) groups excluding carboxylic acids is 3. The predicted octanol–water partition coefficient (Wildman–Crippen LogP) is -1.95. The fourth-order valence-corrected chi connectivity index (χ4v) is 2.40. The van der Waals surface area contributed by atoms with E-state index in [0.717, 1.165) is 0 Å². The van der Waals surface area contributed by atoms with Crippen molar-refractivity contribution in [2.75, 3.05) is 0 Å². The number of carbonyl (C=O) groups is 6. The van der Waals surface area contributed by atoms with Crippen molar-refractivity contribution in [3.05, 3.63) is 0 Å². The smallest absolute Gasteiger partial charge is 0.326 e. The van der Waals surface area contributed by atoms with E-state index in [-0.39, 0.29) is 59.5 Å². The average Bonchev–Trinajstić information content (AvgIpc) is 3.30. The van der Waals surface area contributed by atoms with E-state index >= 15 is 0 Å². The van der Waals surface area contributed by atoms with Crippen LogP contribution in [0.3, 0.4) is 0 Å². The zero-order chi connectivity index (χ0) is 20.6. The summed E-state index contributed by atoms with van der Waals surface area (Å²) in [5.41, 5.74) is 0. The number of carboxylic acid groups (broad SMARTS) is 3. The molecule has 3 fully saturated rings. The van der Waals surface area contributed by atoms with E-state index in [0.29, 0.717) is 38.5 Å². The molecular weight excluding hydrogens is 506 g/mol. The number of aliphatic carboxylic acids is 3. The Morgan fingerprint density at radius 1 is 0.607 bits per heavy atom. The molecule has 3 saturated heterocycles. The van der Waals surface area contributed by atoms with Gasteiger partial charge in [0.2, 0.25) is 17.7 Å². The van der Waals surface area contributed by atoms with Crippen LogP contribution in [-0.4, -0.2) is 69.1 Å². The summed E-state index contributed by atoms with van der Waals surface area (Å²) in [6.07, 6.45) is 2.31. The molecule has 6 N–H and O–H groups in total. The Balaban J connectivity index is 0.000000384. The van der Waals surface area contributed by atoms with Gasteiger partial charge in [-0.25, -0.2) is 14.4 Å². The maximum atomic E-state index is 10.4. The van der Waals surface area contributed by atoms with Gasteiger partial charge >= 0.3 is 17.9 Å². The van der Waals surface area contributed by atoms with E-state index < -0.39 is 36.0 Å². The number of rotatable bonds is 3. The van der Waals surface area contributed by atoms with Crippen molar-refractivity contribution in [1.82, 2.24) is 16.0 Å². The van der Waals surface area contributed by atoms with Crippen LogP contribution in [-0.2, 0) is 28.8 Å². The van der Waals surface area contributed by atoms with E-state index in [9.17, 15) is 28.8 Å². The van der Waals surface area contributed by atoms with Crippen LogP contribution < -0.4 is 16.0 Å². The molecule has 28 heavy (non-hydrogen) atoms. The first-order chi connectivity index (χ1) is 12.6. The van der Waals surface area contributed by atoms with Gasteiger partial charge in [-0.05, 0) is 19.3 Å². The van der Waals surface area contributed by atoms with Gasteiger partial charge in [0.1, 0.15) is 18.1 Å². The summed E-state index contributed by atoms with van der Waals surface area (Å²) in [6.45, 7) is 0. The van der Waals surface area contributed by atoms with Gasteiger partial charge in [0.15, 0.2) is 0 Å². The van der Waals surface area contributed by atoms with Crippen LogP contribution in [0.5, 0.6) is 0 Å². The normalized spacial score (nSPS) is 24.9. The Hall–Kier alpha value is -1.80. The predicted molar refractivity (Wildman–Crippen MR) is 86.4 cm³/mol. The molecule has 13 heteroatoms. The Morgan fingerprint density at radius 3 is 0.893 bits per heavy atom. The van der Waals surface area contributed by atoms with E-state index in [1.807, 2.05) is 0 Å². The van der Waals surface area contributed by atoms with Crippen LogP contribution >= 0.6 is 0 Å². The SMILES string of the molecule is O=C1CCC(C(=O)O)N1.O=C1CCC(C(=O)O)N1.O=C1CCC(C(=O)O)N1.[Ce]. The molecule has 3 aliphatic heterocycles. The average molecular weight is 527 g/mol. The van der Waals surface area contributed by atoms with Gasteiger partial charge < -0.3 is 31.3 Å². The number of hydrogen-bond acceptors (Lipinski definition) is 6. The second-order valence-electron chi connectivity index (χ2n) is 5.99. The molecule has 3 heterocycles. The minimum absolute atomic E-state index is 0. The van der Waals surface area contributed by atoms with Gasteiger partial charge in [-0.1, -0.05) is 0 Å². The first-order valence-corrected chi connectivity index (χ1v) is 8.16. The summed E-state index contributed by atoms with van der Waals surface area (Å²) in [7, 11) is 0. The standard InChI is InChI=1S/3C5H7NO3.Ce/c3*7-4-2-1-3(6-4)5(8)9;/h3*3H,1-2H2,(H,6,7)(H,8,9);. The summed E-state index contributed by atoms with van der Waals surface area (Å²) < 4.78 is 0. The number of hydrogen-bond donors (Lipinski definition) is 6. The van der Waals surface area contributed by atoms with Crippen molar-refractivity contribution in [3.63, 3.8) is 0 Å². The van der Waals surface area contributed by atoms with Crippen LogP contribution in [0.1, 0.15) is 38.5 Å². The Bertz CT molecular complexity index is 555. The summed E-state index contributed by atoms with van der Waals surface area (Å²) in [6, 6.07) is -1.92. The van der Waals surface area contributed by atoms with Gasteiger partial charge in [-0.2, -0.15) is 0 Å². The topological polar surface area (TPSA) is 199 Å². The fourth-order valence-electron chi connectivity index (χ4n) is 2.40. The van der Waals surface area contributed by atoms with Crippen LogP contribution in [0.2, 0.25) is 0 Å². The van der Waals surface area contributed by atoms with Crippen LogP contribution in [0.4, 0.5) is 0 Å². The fraction of sp³-hybridized carbons (Fsp3) is 0.600. The molecular formula is C15H21CeN3O9. The molecule has 3 rings (SSSR count). The third-order valence-electron chi connectivity index (χ3n) is 3.88. The van der Waals surface area contributed by atoms with Gasteiger partial charge in [-0.3, -0.25) is 14.4 Å². The van der Waals surface area contributed by atoms with Crippen LogP contribution in [0.15, 0.2) is 0 Å². The summed E-state index contributed by atoms with van der Waals surface area (Å²) >= 11 is 0. The first-order valence-electron chi connectivity index (χ1n) is 8.16. The Labute approximate surface area is 193 Å². The van der Waals surface area contributed by atoms with Crippen molar-refractivity contribution in [1.29, 1.82) is 0 Å². The second kappa shape index (κ2) is 12.6. The molecule has 3 aliphatic rings. The molecule has 3 unspecified atom stereocenters. The number of carboxylic acids is 3. The van der Waals surface area contributed by atoms with Crippen molar-refractivity contribution < 1.29 is 85.8 Å². The van der Waals surface area contributed by atoms with E-state index in [4.69, 9.17) is 15.3 Å². The Kier molecular flexibility index (Phi) is 11.8. The third-order valence-corrected chi connectivity index (χ3v) is 3.88. The zero-order valence-electron chi connectivity index (χ0n) is 14.8. The molecule has 0 aliphatic carbocycles. The minimum atomic E-state index is -0.944. The van der Waals surface area contributed by atoms with Gasteiger partial charge in [0.25, 0.3) is 0 Å².